The summed E-state index contributed by atoms with van der Waals surface area (Å²) in [5.41, 5.74) is 0. The summed E-state index contributed by atoms with van der Waals surface area (Å²) in [5.74, 6) is 0. The number of hydrazine groups is 1. The molecular formula is C6H12N4. The predicted molar refractivity (Wildman–Crippen MR) is 39.4 cm³/mol. The van der Waals surface area contributed by atoms with E-state index in [1.807, 2.05) is 11.3 Å². The van der Waals surface area contributed by atoms with Crippen LogP contribution in [-0.4, -0.2) is 42.6 Å². The number of hydrogen-bond acceptors (Lipinski definition) is 4. The molecule has 0 spiro atoms. The van der Waals surface area contributed by atoms with Crippen LogP contribution in [0.4, 0.5) is 0 Å². The van der Waals surface area contributed by atoms with Crippen LogP contribution < -0.4 is 5.32 Å². The van der Waals surface area contributed by atoms with Crippen molar-refractivity contribution in [3.8, 4) is 0 Å². The molecule has 0 radical (unpaired) electrons. The smallest absolute Gasteiger partial charge is 0.0688 e. The second kappa shape index (κ2) is 2.56. The van der Waals surface area contributed by atoms with Gasteiger partial charge in [-0.15, -0.1) is 0 Å². The summed E-state index contributed by atoms with van der Waals surface area (Å²) in [4.78, 5) is 0. The summed E-state index contributed by atoms with van der Waals surface area (Å²) in [7, 11) is 0. The van der Waals surface area contributed by atoms with Crippen molar-refractivity contribution in [3.63, 3.8) is 0 Å². The second-order valence-electron chi connectivity index (χ2n) is 2.57. The molecule has 0 aromatic carbocycles. The molecule has 10 heavy (non-hydrogen) atoms. The number of hydrazone groups is 1. The Labute approximate surface area is 60.5 Å². The Hall–Kier alpha value is -0.610. The highest BCUT2D eigenvalue weighted by molar-refractivity contribution is 5.58. The molecule has 0 saturated carbocycles. The molecule has 0 aliphatic carbocycles. The van der Waals surface area contributed by atoms with Crippen LogP contribution in [0.15, 0.2) is 5.10 Å². The van der Waals surface area contributed by atoms with E-state index in [1.165, 1.54) is 0 Å². The van der Waals surface area contributed by atoms with Crippen LogP contribution in [0.2, 0.25) is 0 Å². The third kappa shape index (κ3) is 0.998. The van der Waals surface area contributed by atoms with Crippen molar-refractivity contribution in [2.24, 2.45) is 5.10 Å². The lowest BCUT2D eigenvalue weighted by Gasteiger charge is -2.23. The predicted octanol–water partition coefficient (Wildman–Crippen LogP) is -0.544. The fourth-order valence-electron chi connectivity index (χ4n) is 1.29. The first-order valence-electron chi connectivity index (χ1n) is 3.72. The number of rotatable bonds is 1. The van der Waals surface area contributed by atoms with Crippen molar-refractivity contribution >= 4 is 6.21 Å². The summed E-state index contributed by atoms with van der Waals surface area (Å²) in [5, 5.41) is 11.7. The maximum Gasteiger partial charge on any atom is 0.0688 e. The van der Waals surface area contributed by atoms with E-state index in [9.17, 15) is 0 Å². The SMILES string of the molecule is C1=NN(N2CCNC2)CC1. The van der Waals surface area contributed by atoms with E-state index in [1.54, 1.807) is 0 Å². The van der Waals surface area contributed by atoms with Crippen molar-refractivity contribution < 1.29 is 0 Å². The lowest BCUT2D eigenvalue weighted by atomic mass is 10.5. The van der Waals surface area contributed by atoms with Crippen LogP contribution in [0.1, 0.15) is 6.42 Å². The van der Waals surface area contributed by atoms with Gasteiger partial charge in [0.1, 0.15) is 0 Å². The van der Waals surface area contributed by atoms with Gasteiger partial charge in [0, 0.05) is 25.7 Å². The first-order valence-corrected chi connectivity index (χ1v) is 3.72. The molecule has 2 aliphatic heterocycles. The molecule has 0 bridgehead atoms. The van der Waals surface area contributed by atoms with E-state index in [-0.39, 0.29) is 0 Å². The highest BCUT2D eigenvalue weighted by atomic mass is 15.8. The van der Waals surface area contributed by atoms with Gasteiger partial charge in [0.25, 0.3) is 0 Å². The average Bonchev–Trinajstić information content (AvgIpc) is 2.59. The first kappa shape index (κ1) is 6.12. The van der Waals surface area contributed by atoms with Gasteiger partial charge in [0.2, 0.25) is 0 Å². The Kier molecular flexibility index (Phi) is 1.56. The van der Waals surface area contributed by atoms with Crippen molar-refractivity contribution in [3.05, 3.63) is 0 Å². The number of nitrogens with zero attached hydrogens (tertiary/aromatic N) is 3. The fraction of sp³-hybridized carbons (Fsp3) is 0.833. The zero-order valence-corrected chi connectivity index (χ0v) is 5.95. The molecule has 4 nitrogen and oxygen atoms in total. The van der Waals surface area contributed by atoms with Crippen LogP contribution in [0.5, 0.6) is 0 Å². The van der Waals surface area contributed by atoms with Crippen LogP contribution in [-0.2, 0) is 0 Å². The molecule has 0 atom stereocenters. The monoisotopic (exact) mass is 140 g/mol. The molecule has 2 heterocycles. The minimum Gasteiger partial charge on any atom is -0.301 e. The third-order valence-electron chi connectivity index (χ3n) is 1.84. The van der Waals surface area contributed by atoms with E-state index in [2.05, 4.69) is 15.4 Å². The van der Waals surface area contributed by atoms with Gasteiger partial charge in [0.15, 0.2) is 0 Å². The summed E-state index contributed by atoms with van der Waals surface area (Å²) in [6.45, 7) is 4.20. The molecule has 1 fully saturated rings. The summed E-state index contributed by atoms with van der Waals surface area (Å²) >= 11 is 0. The summed E-state index contributed by atoms with van der Waals surface area (Å²) in [6, 6.07) is 0. The maximum absolute atomic E-state index is 4.21. The van der Waals surface area contributed by atoms with E-state index in [0.29, 0.717) is 0 Å². The van der Waals surface area contributed by atoms with Crippen molar-refractivity contribution in [1.82, 2.24) is 15.4 Å². The van der Waals surface area contributed by atoms with Gasteiger partial charge in [0.05, 0.1) is 13.2 Å². The quantitative estimate of drug-likeness (QED) is 0.530. The molecule has 0 unspecified atom stereocenters. The third-order valence-corrected chi connectivity index (χ3v) is 1.84. The Bertz CT molecular complexity index is 139. The Balaban J connectivity index is 1.91. The van der Waals surface area contributed by atoms with Crippen LogP contribution in [0.3, 0.4) is 0 Å². The Morgan fingerprint density at radius 2 is 2.40 bits per heavy atom. The zero-order chi connectivity index (χ0) is 6.81. The number of hydrogen-bond donors (Lipinski definition) is 1. The molecule has 4 heteroatoms. The van der Waals surface area contributed by atoms with Crippen LogP contribution in [0.25, 0.3) is 0 Å². The molecular weight excluding hydrogens is 128 g/mol. The molecule has 0 amide bonds. The van der Waals surface area contributed by atoms with Gasteiger partial charge in [-0.1, -0.05) is 0 Å². The highest BCUT2D eigenvalue weighted by Crippen LogP contribution is 2.05. The van der Waals surface area contributed by atoms with Crippen molar-refractivity contribution in [2.45, 2.75) is 6.42 Å². The lowest BCUT2D eigenvalue weighted by molar-refractivity contribution is 0.00976. The van der Waals surface area contributed by atoms with Gasteiger partial charge >= 0.3 is 0 Å². The maximum atomic E-state index is 4.21. The number of nitrogens with one attached hydrogen (secondary N) is 1. The van der Waals surface area contributed by atoms with E-state index < -0.39 is 0 Å². The standard InChI is InChI=1S/C6H12N4/c1-2-8-10(4-1)9-5-3-7-6-9/h2,7H,1,3-6H2. The van der Waals surface area contributed by atoms with Crippen molar-refractivity contribution in [2.75, 3.05) is 26.3 Å². The molecule has 0 aromatic heterocycles. The zero-order valence-electron chi connectivity index (χ0n) is 5.95. The molecule has 2 aliphatic rings. The van der Waals surface area contributed by atoms with E-state index in [0.717, 1.165) is 32.7 Å². The van der Waals surface area contributed by atoms with E-state index >= 15 is 0 Å². The van der Waals surface area contributed by atoms with Gasteiger partial charge < -0.3 is 5.32 Å². The van der Waals surface area contributed by atoms with Crippen LogP contribution in [0, 0.1) is 0 Å². The molecule has 1 N–H and O–H groups in total. The topological polar surface area (TPSA) is 30.9 Å². The van der Waals surface area contributed by atoms with Gasteiger partial charge in [-0.2, -0.15) is 10.1 Å². The van der Waals surface area contributed by atoms with Gasteiger partial charge in [-0.25, -0.2) is 5.12 Å². The van der Waals surface area contributed by atoms with Gasteiger partial charge in [-0.05, 0) is 0 Å². The lowest BCUT2D eigenvalue weighted by Crippen LogP contribution is -2.36. The molecule has 1 saturated heterocycles. The molecule has 56 valence electrons. The minimum absolute atomic E-state index is 0.956. The molecule has 0 aromatic rings. The second-order valence-corrected chi connectivity index (χ2v) is 2.57. The largest absolute Gasteiger partial charge is 0.301 e. The Morgan fingerprint density at radius 1 is 1.40 bits per heavy atom. The fourth-order valence-corrected chi connectivity index (χ4v) is 1.29. The van der Waals surface area contributed by atoms with Gasteiger partial charge in [-0.3, -0.25) is 0 Å². The van der Waals surface area contributed by atoms with E-state index in [4.69, 9.17) is 0 Å². The minimum atomic E-state index is 0.956. The van der Waals surface area contributed by atoms with Crippen LogP contribution >= 0.6 is 0 Å². The summed E-state index contributed by atoms with van der Waals surface area (Å²) in [6.07, 6.45) is 3.06. The highest BCUT2D eigenvalue weighted by Gasteiger charge is 2.18. The Morgan fingerprint density at radius 3 is 3.00 bits per heavy atom. The average molecular weight is 140 g/mol. The molecule has 2 rings (SSSR count). The summed E-state index contributed by atoms with van der Waals surface area (Å²) < 4.78 is 0. The normalized spacial score (nSPS) is 26.6. The first-order chi connectivity index (χ1) is 4.97. The van der Waals surface area contributed by atoms with Crippen molar-refractivity contribution in [1.29, 1.82) is 0 Å².